The van der Waals surface area contributed by atoms with E-state index in [1.165, 1.54) is 0 Å². The van der Waals surface area contributed by atoms with E-state index in [-0.39, 0.29) is 6.54 Å². The largest absolute Gasteiger partial charge is 0.481 e. The predicted octanol–water partition coefficient (Wildman–Crippen LogP) is 0.321. The maximum atomic E-state index is 10.5. The number of aromatic nitrogens is 1. The maximum absolute atomic E-state index is 10.5. The molecule has 0 aliphatic rings. The normalized spacial score (nSPS) is 12.8. The Balaban J connectivity index is 2.81. The van der Waals surface area contributed by atoms with Crippen molar-refractivity contribution in [1.29, 1.82) is 0 Å². The van der Waals surface area contributed by atoms with Gasteiger partial charge in [-0.05, 0) is 6.92 Å². The molecule has 0 aromatic carbocycles. The minimum Gasteiger partial charge on any atom is -0.481 e. The van der Waals surface area contributed by atoms with Gasteiger partial charge >= 0.3 is 5.97 Å². The van der Waals surface area contributed by atoms with Gasteiger partial charge in [0, 0.05) is 6.07 Å². The summed E-state index contributed by atoms with van der Waals surface area (Å²) in [5.74, 6) is -1.07. The van der Waals surface area contributed by atoms with E-state index >= 15 is 0 Å². The van der Waals surface area contributed by atoms with Crippen molar-refractivity contribution in [3.63, 3.8) is 0 Å². The van der Waals surface area contributed by atoms with E-state index in [1.807, 2.05) is 0 Å². The summed E-state index contributed by atoms with van der Waals surface area (Å²) in [7, 11) is 0. The summed E-state index contributed by atoms with van der Waals surface area (Å²) < 4.78 is 4.75. The minimum absolute atomic E-state index is 0.235. The van der Waals surface area contributed by atoms with Crippen molar-refractivity contribution in [2.24, 2.45) is 5.73 Å². The third kappa shape index (κ3) is 1.62. The van der Waals surface area contributed by atoms with E-state index in [0.29, 0.717) is 11.5 Å². The summed E-state index contributed by atoms with van der Waals surface area (Å²) in [5.41, 5.74) is 5.66. The molecule has 0 amide bonds. The van der Waals surface area contributed by atoms with E-state index in [2.05, 4.69) is 5.16 Å². The lowest BCUT2D eigenvalue weighted by atomic mass is 10.1. The first-order valence-corrected chi connectivity index (χ1v) is 3.53. The second-order valence-corrected chi connectivity index (χ2v) is 2.48. The molecular weight excluding hydrogens is 160 g/mol. The summed E-state index contributed by atoms with van der Waals surface area (Å²) in [5, 5.41) is 12.2. The van der Waals surface area contributed by atoms with Crippen molar-refractivity contribution in [3.8, 4) is 0 Å². The zero-order valence-corrected chi connectivity index (χ0v) is 6.65. The van der Waals surface area contributed by atoms with Gasteiger partial charge < -0.3 is 15.4 Å². The quantitative estimate of drug-likeness (QED) is 0.681. The Kier molecular flexibility index (Phi) is 2.44. The van der Waals surface area contributed by atoms with Crippen LogP contribution >= 0.6 is 0 Å². The monoisotopic (exact) mass is 170 g/mol. The van der Waals surface area contributed by atoms with Crippen LogP contribution in [-0.2, 0) is 11.3 Å². The third-order valence-electron chi connectivity index (χ3n) is 1.59. The van der Waals surface area contributed by atoms with Gasteiger partial charge in [0.25, 0.3) is 0 Å². The van der Waals surface area contributed by atoms with Gasteiger partial charge in [0.1, 0.15) is 0 Å². The first kappa shape index (κ1) is 8.73. The molecule has 5 nitrogen and oxygen atoms in total. The fraction of sp³-hybridized carbons (Fsp3) is 0.429. The average Bonchev–Trinajstić information content (AvgIpc) is 2.50. The lowest BCUT2D eigenvalue weighted by Crippen LogP contribution is -2.07. The van der Waals surface area contributed by atoms with Crippen molar-refractivity contribution in [2.45, 2.75) is 19.4 Å². The van der Waals surface area contributed by atoms with E-state index in [0.717, 1.165) is 0 Å². The number of rotatable bonds is 3. The number of carbonyl (C=O) groups is 1. The molecule has 1 heterocycles. The van der Waals surface area contributed by atoms with Crippen LogP contribution in [0.4, 0.5) is 0 Å². The zero-order chi connectivity index (χ0) is 9.14. The van der Waals surface area contributed by atoms with Gasteiger partial charge in [-0.15, -0.1) is 0 Å². The molecule has 0 saturated carbocycles. The number of nitrogens with zero attached hydrogens (tertiary/aromatic N) is 1. The highest BCUT2D eigenvalue weighted by Gasteiger charge is 2.17. The van der Waals surface area contributed by atoms with Crippen LogP contribution in [0.2, 0.25) is 0 Å². The van der Waals surface area contributed by atoms with E-state index in [4.69, 9.17) is 15.4 Å². The maximum Gasteiger partial charge on any atom is 0.312 e. The van der Waals surface area contributed by atoms with Gasteiger partial charge in [0.15, 0.2) is 5.76 Å². The molecule has 0 spiro atoms. The molecule has 1 aromatic heterocycles. The van der Waals surface area contributed by atoms with Crippen LogP contribution in [0, 0.1) is 0 Å². The number of carboxylic acids is 1. The lowest BCUT2D eigenvalue weighted by molar-refractivity contribution is -0.138. The molecule has 66 valence electrons. The Morgan fingerprint density at radius 1 is 1.92 bits per heavy atom. The molecule has 0 radical (unpaired) electrons. The summed E-state index contributed by atoms with van der Waals surface area (Å²) >= 11 is 0. The summed E-state index contributed by atoms with van der Waals surface area (Å²) in [4.78, 5) is 10.5. The molecular formula is C7H10N2O3. The van der Waals surface area contributed by atoms with Crippen LogP contribution in [-0.4, -0.2) is 16.2 Å². The van der Waals surface area contributed by atoms with Crippen molar-refractivity contribution in [3.05, 3.63) is 17.5 Å². The number of carboxylic acid groups (broad SMARTS) is 1. The topological polar surface area (TPSA) is 89.3 Å². The standard InChI is InChI=1S/C7H10N2O3/c1-4(7(10)11)6-2-5(3-8)12-9-6/h2,4H,3,8H2,1H3,(H,10,11). The van der Waals surface area contributed by atoms with Crippen molar-refractivity contribution in [2.75, 3.05) is 0 Å². The van der Waals surface area contributed by atoms with Crippen molar-refractivity contribution >= 4 is 5.97 Å². The molecule has 1 unspecified atom stereocenters. The highest BCUT2D eigenvalue weighted by atomic mass is 16.5. The predicted molar refractivity (Wildman–Crippen MR) is 40.4 cm³/mol. The van der Waals surface area contributed by atoms with Crippen LogP contribution in [0.3, 0.4) is 0 Å². The first-order chi connectivity index (χ1) is 5.65. The molecule has 0 bridgehead atoms. The molecule has 0 saturated heterocycles. The first-order valence-electron chi connectivity index (χ1n) is 3.53. The Morgan fingerprint density at radius 3 is 3.00 bits per heavy atom. The van der Waals surface area contributed by atoms with Gasteiger partial charge in [-0.3, -0.25) is 4.79 Å². The van der Waals surface area contributed by atoms with Crippen molar-refractivity contribution in [1.82, 2.24) is 5.16 Å². The van der Waals surface area contributed by atoms with Gasteiger partial charge in [-0.25, -0.2) is 0 Å². The van der Waals surface area contributed by atoms with E-state index < -0.39 is 11.9 Å². The molecule has 0 aliphatic carbocycles. The molecule has 5 heteroatoms. The smallest absolute Gasteiger partial charge is 0.312 e. The summed E-state index contributed by atoms with van der Waals surface area (Å²) in [6.45, 7) is 1.78. The van der Waals surface area contributed by atoms with Gasteiger partial charge in [0.2, 0.25) is 0 Å². The zero-order valence-electron chi connectivity index (χ0n) is 6.65. The summed E-state index contributed by atoms with van der Waals surface area (Å²) in [6.07, 6.45) is 0. The molecule has 1 rings (SSSR count). The number of hydrogen-bond acceptors (Lipinski definition) is 4. The Hall–Kier alpha value is -1.36. The van der Waals surface area contributed by atoms with Gasteiger partial charge in [-0.2, -0.15) is 0 Å². The number of aliphatic carboxylic acids is 1. The number of nitrogens with two attached hydrogens (primary N) is 1. The molecule has 0 aliphatic heterocycles. The van der Waals surface area contributed by atoms with E-state index in [1.54, 1.807) is 13.0 Å². The molecule has 3 N–H and O–H groups in total. The van der Waals surface area contributed by atoms with Crippen LogP contribution in [0.1, 0.15) is 24.3 Å². The van der Waals surface area contributed by atoms with Crippen LogP contribution < -0.4 is 5.73 Å². The Labute approximate surface area is 69.2 Å². The second kappa shape index (κ2) is 3.36. The highest BCUT2D eigenvalue weighted by Crippen LogP contribution is 2.14. The third-order valence-corrected chi connectivity index (χ3v) is 1.59. The van der Waals surface area contributed by atoms with Gasteiger partial charge in [-0.1, -0.05) is 5.16 Å². The SMILES string of the molecule is CC(C(=O)O)c1cc(CN)on1. The van der Waals surface area contributed by atoms with E-state index in [9.17, 15) is 4.79 Å². The Morgan fingerprint density at radius 2 is 2.58 bits per heavy atom. The lowest BCUT2D eigenvalue weighted by Gasteiger charge is -1.97. The minimum atomic E-state index is -0.924. The molecule has 12 heavy (non-hydrogen) atoms. The fourth-order valence-electron chi connectivity index (χ4n) is 0.756. The van der Waals surface area contributed by atoms with Crippen LogP contribution in [0.15, 0.2) is 10.6 Å². The highest BCUT2D eigenvalue weighted by molar-refractivity contribution is 5.74. The average molecular weight is 170 g/mol. The molecule has 0 fully saturated rings. The molecule has 1 atom stereocenters. The fourth-order valence-corrected chi connectivity index (χ4v) is 0.756. The second-order valence-electron chi connectivity index (χ2n) is 2.48. The van der Waals surface area contributed by atoms with Crippen molar-refractivity contribution < 1.29 is 14.4 Å². The summed E-state index contributed by atoms with van der Waals surface area (Å²) in [6, 6.07) is 1.55. The van der Waals surface area contributed by atoms with Gasteiger partial charge in [0.05, 0.1) is 18.2 Å². The molecule has 1 aromatic rings. The Bertz CT molecular complexity index is 282. The number of hydrogen-bond donors (Lipinski definition) is 2. The van der Waals surface area contributed by atoms with Crippen LogP contribution in [0.5, 0.6) is 0 Å². The van der Waals surface area contributed by atoms with Crippen LogP contribution in [0.25, 0.3) is 0 Å².